The van der Waals surface area contributed by atoms with Crippen molar-refractivity contribution >= 4 is 45.2 Å². The fourth-order valence-electron chi connectivity index (χ4n) is 3.00. The lowest BCUT2D eigenvalue weighted by molar-refractivity contribution is -0.118. The average molecular weight is 497 g/mol. The summed E-state index contributed by atoms with van der Waals surface area (Å²) in [5, 5.41) is 3.59. The van der Waals surface area contributed by atoms with Gasteiger partial charge in [-0.15, -0.1) is 0 Å². The first-order valence-corrected chi connectivity index (χ1v) is 9.98. The van der Waals surface area contributed by atoms with E-state index < -0.39 is 5.63 Å². The van der Waals surface area contributed by atoms with Crippen molar-refractivity contribution in [2.24, 2.45) is 0 Å². The van der Waals surface area contributed by atoms with Crippen LogP contribution >= 0.6 is 22.6 Å². The summed E-state index contributed by atoms with van der Waals surface area (Å²) in [6.07, 6.45) is 0. The second-order valence-electron chi connectivity index (χ2n) is 6.35. The van der Waals surface area contributed by atoms with Gasteiger partial charge in [0.25, 0.3) is 5.91 Å². The molecule has 0 fully saturated rings. The second kappa shape index (κ2) is 8.48. The average Bonchev–Trinajstić information content (AvgIpc) is 2.72. The summed E-state index contributed by atoms with van der Waals surface area (Å²) in [4.78, 5) is 24.2. The molecule has 0 radical (unpaired) electrons. The number of benzene rings is 3. The summed E-state index contributed by atoms with van der Waals surface area (Å²) >= 11 is 2.18. The number of fused-ring (bicyclic) bond motifs is 1. The van der Waals surface area contributed by atoms with E-state index in [9.17, 15) is 9.59 Å². The van der Waals surface area contributed by atoms with Crippen LogP contribution in [0.4, 0.5) is 5.69 Å². The Balaban J connectivity index is 1.53. The molecule has 5 nitrogen and oxygen atoms in total. The number of ether oxygens (including phenoxy) is 1. The molecule has 144 valence electrons. The number of rotatable bonds is 5. The van der Waals surface area contributed by atoms with Crippen molar-refractivity contribution in [2.45, 2.75) is 0 Å². The number of nitrogens with one attached hydrogen (secondary N) is 1. The maximum Gasteiger partial charge on any atom is 0.336 e. The monoisotopic (exact) mass is 497 g/mol. The van der Waals surface area contributed by atoms with Gasteiger partial charge in [0.15, 0.2) is 6.61 Å². The molecule has 1 amide bonds. The zero-order chi connectivity index (χ0) is 20.2. The van der Waals surface area contributed by atoms with E-state index in [0.29, 0.717) is 17.0 Å². The van der Waals surface area contributed by atoms with Crippen LogP contribution in [-0.4, -0.2) is 12.5 Å². The summed E-state index contributed by atoms with van der Waals surface area (Å²) in [5.74, 6) is 0.176. The Morgan fingerprint density at radius 3 is 2.59 bits per heavy atom. The van der Waals surface area contributed by atoms with Gasteiger partial charge in [0.1, 0.15) is 11.3 Å². The van der Waals surface area contributed by atoms with Gasteiger partial charge < -0.3 is 14.5 Å². The minimum atomic E-state index is -0.440. The summed E-state index contributed by atoms with van der Waals surface area (Å²) < 4.78 is 12.0. The molecule has 0 bridgehead atoms. The van der Waals surface area contributed by atoms with Crippen molar-refractivity contribution in [2.75, 3.05) is 11.9 Å². The van der Waals surface area contributed by atoms with Gasteiger partial charge in [0.05, 0.1) is 0 Å². The lowest BCUT2D eigenvalue weighted by Gasteiger charge is -2.10. The highest BCUT2D eigenvalue weighted by atomic mass is 127. The minimum absolute atomic E-state index is 0.153. The van der Waals surface area contributed by atoms with Crippen molar-refractivity contribution in [1.29, 1.82) is 0 Å². The van der Waals surface area contributed by atoms with E-state index in [0.717, 1.165) is 20.1 Å². The zero-order valence-corrected chi connectivity index (χ0v) is 17.4. The predicted molar refractivity (Wildman–Crippen MR) is 121 cm³/mol. The number of carbonyl (C=O) groups is 1. The molecule has 0 aliphatic rings. The summed E-state index contributed by atoms with van der Waals surface area (Å²) in [6, 6.07) is 23.8. The van der Waals surface area contributed by atoms with E-state index >= 15 is 0 Å². The van der Waals surface area contributed by atoms with Gasteiger partial charge in [0.2, 0.25) is 0 Å². The summed E-state index contributed by atoms with van der Waals surface area (Å²) in [5.41, 5.74) is 2.40. The van der Waals surface area contributed by atoms with Crippen LogP contribution in [-0.2, 0) is 4.79 Å². The van der Waals surface area contributed by atoms with Gasteiger partial charge >= 0.3 is 5.63 Å². The van der Waals surface area contributed by atoms with Crippen LogP contribution in [0.25, 0.3) is 22.1 Å². The Bertz CT molecular complexity index is 1230. The Labute approximate surface area is 180 Å². The SMILES string of the molecule is O=C(COc1ccc2c(-c3ccccc3)cc(=O)oc2c1)Nc1cccc(I)c1. The molecule has 0 spiro atoms. The normalized spacial score (nSPS) is 10.7. The fraction of sp³-hybridized carbons (Fsp3) is 0.0435. The number of carbonyl (C=O) groups excluding carboxylic acids is 1. The molecule has 1 aromatic heterocycles. The minimum Gasteiger partial charge on any atom is -0.484 e. The zero-order valence-electron chi connectivity index (χ0n) is 15.2. The Morgan fingerprint density at radius 1 is 0.966 bits per heavy atom. The van der Waals surface area contributed by atoms with Gasteiger partial charge in [0, 0.05) is 26.8 Å². The molecule has 0 atom stereocenters. The second-order valence-corrected chi connectivity index (χ2v) is 7.60. The maximum atomic E-state index is 12.1. The van der Waals surface area contributed by atoms with Crippen molar-refractivity contribution in [3.05, 3.63) is 92.9 Å². The van der Waals surface area contributed by atoms with Gasteiger partial charge in [-0.3, -0.25) is 4.79 Å². The standard InChI is InChI=1S/C23H16INO4/c24-16-7-4-8-17(11-16)25-22(26)14-28-18-9-10-19-20(15-5-2-1-3-6-15)13-23(27)29-21(19)12-18/h1-13H,14H2,(H,25,26). The molecule has 1 N–H and O–H groups in total. The molecular weight excluding hydrogens is 481 g/mol. The van der Waals surface area contributed by atoms with Gasteiger partial charge in [-0.05, 0) is 64.0 Å². The third-order valence-electron chi connectivity index (χ3n) is 4.28. The van der Waals surface area contributed by atoms with E-state index in [-0.39, 0.29) is 12.5 Å². The van der Waals surface area contributed by atoms with Crippen LogP contribution in [0, 0.1) is 3.57 Å². The van der Waals surface area contributed by atoms with Crippen molar-refractivity contribution in [1.82, 2.24) is 0 Å². The smallest absolute Gasteiger partial charge is 0.336 e. The van der Waals surface area contributed by atoms with Crippen LogP contribution in [0.1, 0.15) is 0 Å². The highest BCUT2D eigenvalue weighted by Gasteiger charge is 2.10. The van der Waals surface area contributed by atoms with Crippen molar-refractivity contribution < 1.29 is 13.9 Å². The van der Waals surface area contributed by atoms with E-state index in [1.165, 1.54) is 6.07 Å². The van der Waals surface area contributed by atoms with Crippen LogP contribution in [0.3, 0.4) is 0 Å². The van der Waals surface area contributed by atoms with E-state index in [2.05, 4.69) is 27.9 Å². The molecule has 0 saturated heterocycles. The lowest BCUT2D eigenvalue weighted by Crippen LogP contribution is -2.20. The van der Waals surface area contributed by atoms with Crippen LogP contribution in [0.2, 0.25) is 0 Å². The molecule has 3 aromatic carbocycles. The highest BCUT2D eigenvalue weighted by Crippen LogP contribution is 2.29. The Kier molecular flexibility index (Phi) is 5.62. The Morgan fingerprint density at radius 2 is 1.79 bits per heavy atom. The highest BCUT2D eigenvalue weighted by molar-refractivity contribution is 14.1. The number of hydrogen-bond donors (Lipinski definition) is 1. The molecule has 4 rings (SSSR count). The first-order valence-electron chi connectivity index (χ1n) is 8.90. The van der Waals surface area contributed by atoms with Crippen molar-refractivity contribution in [3.63, 3.8) is 0 Å². The fourth-order valence-corrected chi connectivity index (χ4v) is 3.54. The number of amides is 1. The molecule has 0 unspecified atom stereocenters. The van der Waals surface area contributed by atoms with E-state index in [1.807, 2.05) is 60.7 Å². The lowest BCUT2D eigenvalue weighted by atomic mass is 10.0. The summed E-state index contributed by atoms with van der Waals surface area (Å²) in [6.45, 7) is -0.153. The third-order valence-corrected chi connectivity index (χ3v) is 4.95. The number of hydrogen-bond acceptors (Lipinski definition) is 4. The molecule has 0 aliphatic carbocycles. The van der Waals surface area contributed by atoms with Gasteiger partial charge in [-0.1, -0.05) is 36.4 Å². The molecule has 4 aromatic rings. The van der Waals surface area contributed by atoms with Gasteiger partial charge in [-0.2, -0.15) is 0 Å². The number of anilines is 1. The van der Waals surface area contributed by atoms with Crippen molar-refractivity contribution in [3.8, 4) is 16.9 Å². The third kappa shape index (κ3) is 4.65. The topological polar surface area (TPSA) is 68.5 Å². The molecule has 29 heavy (non-hydrogen) atoms. The first kappa shape index (κ1) is 19.2. The molecular formula is C23H16INO4. The van der Waals surface area contributed by atoms with Crippen LogP contribution in [0.15, 0.2) is 88.1 Å². The van der Waals surface area contributed by atoms with E-state index in [1.54, 1.807) is 12.1 Å². The van der Waals surface area contributed by atoms with Gasteiger partial charge in [-0.25, -0.2) is 4.79 Å². The number of halogens is 1. The largest absolute Gasteiger partial charge is 0.484 e. The molecule has 0 saturated carbocycles. The van der Waals surface area contributed by atoms with Crippen LogP contribution in [0.5, 0.6) is 5.75 Å². The maximum absolute atomic E-state index is 12.1. The Hall–Kier alpha value is -3.13. The molecule has 1 heterocycles. The van der Waals surface area contributed by atoms with Crippen LogP contribution < -0.4 is 15.7 Å². The molecule has 0 aliphatic heterocycles. The van der Waals surface area contributed by atoms with E-state index in [4.69, 9.17) is 9.15 Å². The molecule has 6 heteroatoms. The first-order chi connectivity index (χ1) is 14.1. The quantitative estimate of drug-likeness (QED) is 0.309. The summed E-state index contributed by atoms with van der Waals surface area (Å²) in [7, 11) is 0. The predicted octanol–water partition coefficient (Wildman–Crippen LogP) is 5.08.